The van der Waals surface area contributed by atoms with Gasteiger partial charge in [-0.2, -0.15) is 4.89 Å². The molecule has 0 amide bonds. The lowest BCUT2D eigenvalue weighted by Gasteiger charge is -2.16. The van der Waals surface area contributed by atoms with Gasteiger partial charge in [-0.25, -0.2) is 4.79 Å². The first-order valence-corrected chi connectivity index (χ1v) is 8.17. The van der Waals surface area contributed by atoms with E-state index in [9.17, 15) is 9.59 Å². The molecule has 0 spiro atoms. The standard InChI is InChI=1S/C18H16Cl2O5/c1-23-10-11-24-25-18(22)15(12-6-3-2-4-7-12)17(21)16-13(19)8-5-9-14(16)20/h2-9,15H,10-11H2,1H3. The highest BCUT2D eigenvalue weighted by atomic mass is 35.5. The van der Waals surface area contributed by atoms with Crippen LogP contribution >= 0.6 is 23.2 Å². The van der Waals surface area contributed by atoms with Gasteiger partial charge in [-0.1, -0.05) is 59.6 Å². The minimum atomic E-state index is -1.25. The van der Waals surface area contributed by atoms with Crippen molar-refractivity contribution in [3.8, 4) is 0 Å². The van der Waals surface area contributed by atoms with E-state index in [1.165, 1.54) is 19.2 Å². The molecule has 0 radical (unpaired) electrons. The van der Waals surface area contributed by atoms with Gasteiger partial charge < -0.3 is 4.74 Å². The molecule has 0 aromatic heterocycles. The molecule has 1 unspecified atom stereocenters. The van der Waals surface area contributed by atoms with Crippen LogP contribution in [0.3, 0.4) is 0 Å². The summed E-state index contributed by atoms with van der Waals surface area (Å²) < 4.78 is 4.80. The Balaban J connectivity index is 2.32. The molecule has 2 aromatic carbocycles. The fourth-order valence-corrected chi connectivity index (χ4v) is 2.77. The summed E-state index contributed by atoms with van der Waals surface area (Å²) in [5.41, 5.74) is 0.511. The zero-order valence-corrected chi connectivity index (χ0v) is 14.9. The van der Waals surface area contributed by atoms with E-state index in [0.717, 1.165) is 0 Å². The van der Waals surface area contributed by atoms with Gasteiger partial charge >= 0.3 is 5.97 Å². The molecule has 5 nitrogen and oxygen atoms in total. The number of Topliss-reactive ketones (excluding diaryl/α,β-unsaturated/α-hetero) is 1. The van der Waals surface area contributed by atoms with E-state index in [1.807, 2.05) is 0 Å². The van der Waals surface area contributed by atoms with Crippen molar-refractivity contribution >= 4 is 35.0 Å². The molecular weight excluding hydrogens is 367 g/mol. The number of carbonyl (C=O) groups excluding carboxylic acids is 2. The summed E-state index contributed by atoms with van der Waals surface area (Å²) in [6.45, 7) is 0.290. The summed E-state index contributed by atoms with van der Waals surface area (Å²) in [5, 5.41) is 0.318. The zero-order chi connectivity index (χ0) is 18.2. The molecule has 0 saturated heterocycles. The summed E-state index contributed by atoms with van der Waals surface area (Å²) in [4.78, 5) is 35.0. The third-order valence-electron chi connectivity index (χ3n) is 3.35. The Morgan fingerprint density at radius 3 is 2.20 bits per heavy atom. The van der Waals surface area contributed by atoms with Gasteiger partial charge in [0.1, 0.15) is 12.5 Å². The van der Waals surface area contributed by atoms with Gasteiger partial charge in [-0.05, 0) is 17.7 Å². The lowest BCUT2D eigenvalue weighted by atomic mass is 9.90. The molecule has 132 valence electrons. The average Bonchev–Trinajstić information content (AvgIpc) is 2.60. The Kier molecular flexibility index (Phi) is 7.40. The minimum Gasteiger partial charge on any atom is -0.382 e. The largest absolute Gasteiger partial charge is 0.382 e. The normalized spacial score (nSPS) is 11.8. The number of ether oxygens (including phenoxy) is 1. The van der Waals surface area contributed by atoms with Gasteiger partial charge in [0, 0.05) is 7.11 Å². The number of carbonyl (C=O) groups is 2. The predicted molar refractivity (Wildman–Crippen MR) is 93.9 cm³/mol. The Bertz CT molecular complexity index is 713. The van der Waals surface area contributed by atoms with Crippen molar-refractivity contribution in [2.24, 2.45) is 0 Å². The van der Waals surface area contributed by atoms with Crippen molar-refractivity contribution in [2.45, 2.75) is 5.92 Å². The molecule has 0 N–H and O–H groups in total. The monoisotopic (exact) mass is 382 g/mol. The van der Waals surface area contributed by atoms with Crippen LogP contribution in [0.15, 0.2) is 48.5 Å². The number of hydrogen-bond donors (Lipinski definition) is 0. The van der Waals surface area contributed by atoms with Crippen LogP contribution in [0.1, 0.15) is 21.8 Å². The second-order valence-corrected chi connectivity index (χ2v) is 5.84. The van der Waals surface area contributed by atoms with Crippen molar-refractivity contribution in [2.75, 3.05) is 20.3 Å². The third-order valence-corrected chi connectivity index (χ3v) is 3.98. The highest BCUT2D eigenvalue weighted by molar-refractivity contribution is 6.40. The smallest absolute Gasteiger partial charge is 0.357 e. The van der Waals surface area contributed by atoms with Crippen LogP contribution in [0.2, 0.25) is 10.0 Å². The Labute approximate surface area is 155 Å². The molecule has 0 aliphatic heterocycles. The number of methoxy groups -OCH3 is 1. The Morgan fingerprint density at radius 1 is 0.960 bits per heavy atom. The van der Waals surface area contributed by atoms with Crippen molar-refractivity contribution in [1.29, 1.82) is 0 Å². The lowest BCUT2D eigenvalue weighted by molar-refractivity contribution is -0.276. The van der Waals surface area contributed by atoms with Gasteiger partial charge in [0.15, 0.2) is 5.78 Å². The molecule has 0 saturated carbocycles. The highest BCUT2D eigenvalue weighted by Crippen LogP contribution is 2.31. The summed E-state index contributed by atoms with van der Waals surface area (Å²) in [6.07, 6.45) is 0. The third kappa shape index (κ3) is 5.03. The first-order valence-electron chi connectivity index (χ1n) is 7.41. The van der Waals surface area contributed by atoms with E-state index >= 15 is 0 Å². The van der Waals surface area contributed by atoms with Crippen LogP contribution in [-0.2, 0) is 19.3 Å². The number of ketones is 1. The molecule has 1 atom stereocenters. The Hall–Kier alpha value is -1.92. The topological polar surface area (TPSA) is 61.8 Å². The fraction of sp³-hybridized carbons (Fsp3) is 0.222. The number of hydrogen-bond acceptors (Lipinski definition) is 5. The fourth-order valence-electron chi connectivity index (χ4n) is 2.18. The van der Waals surface area contributed by atoms with E-state index in [4.69, 9.17) is 37.7 Å². The average molecular weight is 383 g/mol. The van der Waals surface area contributed by atoms with Crippen LogP contribution in [0.4, 0.5) is 0 Å². The molecule has 0 fully saturated rings. The van der Waals surface area contributed by atoms with Gasteiger partial charge in [0.2, 0.25) is 0 Å². The molecule has 0 aliphatic carbocycles. The van der Waals surface area contributed by atoms with Gasteiger partial charge in [0.05, 0.1) is 22.2 Å². The molecule has 2 aromatic rings. The quantitative estimate of drug-likeness (QED) is 0.226. The molecule has 0 heterocycles. The summed E-state index contributed by atoms with van der Waals surface area (Å²) in [5.74, 6) is -2.67. The van der Waals surface area contributed by atoms with E-state index in [1.54, 1.807) is 36.4 Å². The predicted octanol–water partition coefficient (Wildman–Crippen LogP) is 4.08. The van der Waals surface area contributed by atoms with Crippen LogP contribution in [-0.4, -0.2) is 32.1 Å². The first-order chi connectivity index (χ1) is 12.1. The van der Waals surface area contributed by atoms with E-state index in [-0.39, 0.29) is 28.8 Å². The molecule has 2 rings (SSSR count). The lowest BCUT2D eigenvalue weighted by Crippen LogP contribution is -2.25. The molecule has 25 heavy (non-hydrogen) atoms. The maximum atomic E-state index is 13.0. The summed E-state index contributed by atoms with van der Waals surface area (Å²) in [6, 6.07) is 13.2. The van der Waals surface area contributed by atoms with Crippen molar-refractivity contribution < 1.29 is 24.1 Å². The zero-order valence-electron chi connectivity index (χ0n) is 13.4. The van der Waals surface area contributed by atoms with Crippen molar-refractivity contribution in [3.63, 3.8) is 0 Å². The number of halogens is 2. The van der Waals surface area contributed by atoms with Crippen molar-refractivity contribution in [3.05, 3.63) is 69.7 Å². The minimum absolute atomic E-state index is 0.0464. The molecule has 7 heteroatoms. The Morgan fingerprint density at radius 2 is 1.60 bits per heavy atom. The van der Waals surface area contributed by atoms with Crippen LogP contribution in [0.25, 0.3) is 0 Å². The molecular formula is C18H16Cl2O5. The van der Waals surface area contributed by atoms with E-state index in [2.05, 4.69) is 0 Å². The number of benzene rings is 2. The SMILES string of the molecule is COCCOOC(=O)C(C(=O)c1c(Cl)cccc1Cl)c1ccccc1. The van der Waals surface area contributed by atoms with Crippen LogP contribution < -0.4 is 0 Å². The maximum absolute atomic E-state index is 13.0. The first kappa shape index (κ1) is 19.4. The maximum Gasteiger partial charge on any atom is 0.357 e. The van der Waals surface area contributed by atoms with Crippen LogP contribution in [0.5, 0.6) is 0 Å². The highest BCUT2D eigenvalue weighted by Gasteiger charge is 2.34. The van der Waals surface area contributed by atoms with E-state index < -0.39 is 17.7 Å². The summed E-state index contributed by atoms with van der Waals surface area (Å²) in [7, 11) is 1.49. The summed E-state index contributed by atoms with van der Waals surface area (Å²) >= 11 is 12.2. The van der Waals surface area contributed by atoms with Gasteiger partial charge in [0.25, 0.3) is 0 Å². The van der Waals surface area contributed by atoms with Gasteiger partial charge in [-0.3, -0.25) is 9.68 Å². The molecule has 0 bridgehead atoms. The molecule has 0 aliphatic rings. The second-order valence-electron chi connectivity index (χ2n) is 5.02. The number of rotatable bonds is 8. The van der Waals surface area contributed by atoms with Gasteiger partial charge in [-0.15, -0.1) is 0 Å². The van der Waals surface area contributed by atoms with E-state index in [0.29, 0.717) is 5.56 Å². The van der Waals surface area contributed by atoms with Crippen molar-refractivity contribution in [1.82, 2.24) is 0 Å². The second kappa shape index (κ2) is 9.53. The van der Waals surface area contributed by atoms with Crippen LogP contribution in [0, 0.1) is 0 Å².